The van der Waals surface area contributed by atoms with Crippen molar-refractivity contribution in [1.82, 2.24) is 31.0 Å². The molecule has 8 heteroatoms. The summed E-state index contributed by atoms with van der Waals surface area (Å²) in [6.07, 6.45) is 2.49. The third-order valence-electron chi connectivity index (χ3n) is 3.93. The number of nitrogens with one attached hydrogen (secondary N) is 3. The van der Waals surface area contributed by atoms with Crippen molar-refractivity contribution in [1.29, 1.82) is 0 Å². The van der Waals surface area contributed by atoms with Crippen LogP contribution in [0.4, 0.5) is 0 Å². The second-order valence-electron chi connectivity index (χ2n) is 5.53. The second kappa shape index (κ2) is 6.25. The van der Waals surface area contributed by atoms with Crippen LogP contribution >= 0.6 is 0 Å². The summed E-state index contributed by atoms with van der Waals surface area (Å²) < 4.78 is 5.26. The number of carbonyl (C=O) groups excluding carboxylic acids is 1. The lowest BCUT2D eigenvalue weighted by molar-refractivity contribution is 0.0941. The van der Waals surface area contributed by atoms with Gasteiger partial charge in [-0.2, -0.15) is 5.10 Å². The molecule has 0 saturated carbocycles. The molecule has 4 rings (SSSR count). The summed E-state index contributed by atoms with van der Waals surface area (Å²) in [4.78, 5) is 16.6. The van der Waals surface area contributed by atoms with Gasteiger partial charge in [0.05, 0.1) is 17.9 Å². The van der Waals surface area contributed by atoms with Crippen molar-refractivity contribution in [3.63, 3.8) is 0 Å². The van der Waals surface area contributed by atoms with E-state index in [0.717, 1.165) is 29.9 Å². The van der Waals surface area contributed by atoms with Gasteiger partial charge >= 0.3 is 0 Å². The summed E-state index contributed by atoms with van der Waals surface area (Å²) in [6.45, 7) is 1.81. The number of carbonyl (C=O) groups is 1. The van der Waals surface area contributed by atoms with Crippen molar-refractivity contribution < 1.29 is 9.32 Å². The van der Waals surface area contributed by atoms with Crippen LogP contribution in [0.3, 0.4) is 0 Å². The Bertz CT molecular complexity index is 855. The standard InChI is InChI=1S/C16H16N6O2/c23-16(15-11-4-6-17-9-14(11)20-21-15)19-8-10-7-13(22-24-10)12-3-1-2-5-18-12/h1-3,5,7,17H,4,6,8-9H2,(H,19,23)(H,20,21). The zero-order valence-corrected chi connectivity index (χ0v) is 12.9. The molecule has 3 N–H and O–H groups in total. The summed E-state index contributed by atoms with van der Waals surface area (Å²) >= 11 is 0. The number of H-pyrrole nitrogens is 1. The zero-order chi connectivity index (χ0) is 16.4. The molecule has 1 aliphatic heterocycles. The Morgan fingerprint density at radius 3 is 3.17 bits per heavy atom. The van der Waals surface area contributed by atoms with Gasteiger partial charge < -0.3 is 15.2 Å². The van der Waals surface area contributed by atoms with Gasteiger partial charge in [-0.3, -0.25) is 14.9 Å². The van der Waals surface area contributed by atoms with E-state index in [1.54, 1.807) is 12.3 Å². The van der Waals surface area contributed by atoms with Crippen LogP contribution in [-0.2, 0) is 19.5 Å². The van der Waals surface area contributed by atoms with Gasteiger partial charge in [0.2, 0.25) is 0 Å². The molecule has 0 aromatic carbocycles. The predicted octanol–water partition coefficient (Wildman–Crippen LogP) is 1.04. The molecule has 4 heterocycles. The summed E-state index contributed by atoms with van der Waals surface area (Å²) in [5.41, 5.74) is 3.79. The van der Waals surface area contributed by atoms with Crippen molar-refractivity contribution in [3.05, 3.63) is 53.2 Å². The van der Waals surface area contributed by atoms with Crippen LogP contribution in [0.15, 0.2) is 35.0 Å². The van der Waals surface area contributed by atoms with E-state index in [2.05, 4.69) is 31.0 Å². The number of fused-ring (bicyclic) bond motifs is 1. The molecule has 3 aromatic rings. The van der Waals surface area contributed by atoms with Crippen LogP contribution in [0.25, 0.3) is 11.4 Å². The fourth-order valence-electron chi connectivity index (χ4n) is 2.71. The molecule has 3 aromatic heterocycles. The van der Waals surface area contributed by atoms with Gasteiger partial charge in [-0.1, -0.05) is 11.2 Å². The molecule has 0 spiro atoms. The van der Waals surface area contributed by atoms with Crippen LogP contribution in [0, 0.1) is 0 Å². The lowest BCUT2D eigenvalue weighted by Gasteiger charge is -2.12. The van der Waals surface area contributed by atoms with Gasteiger partial charge in [0, 0.05) is 24.4 Å². The number of aromatic amines is 1. The summed E-state index contributed by atoms with van der Waals surface area (Å²) in [6, 6.07) is 7.34. The molecule has 8 nitrogen and oxygen atoms in total. The van der Waals surface area contributed by atoms with E-state index in [1.165, 1.54) is 0 Å². The van der Waals surface area contributed by atoms with Crippen molar-refractivity contribution in [2.45, 2.75) is 19.5 Å². The van der Waals surface area contributed by atoms with Gasteiger partial charge in [0.15, 0.2) is 11.5 Å². The van der Waals surface area contributed by atoms with Gasteiger partial charge in [0.25, 0.3) is 5.91 Å². The van der Waals surface area contributed by atoms with E-state index in [1.807, 2.05) is 18.2 Å². The first-order valence-corrected chi connectivity index (χ1v) is 7.73. The predicted molar refractivity (Wildman–Crippen MR) is 84.9 cm³/mol. The minimum atomic E-state index is -0.217. The molecular weight excluding hydrogens is 308 g/mol. The minimum Gasteiger partial charge on any atom is -0.359 e. The Kier molecular flexibility index (Phi) is 3.80. The van der Waals surface area contributed by atoms with E-state index in [-0.39, 0.29) is 12.5 Å². The van der Waals surface area contributed by atoms with E-state index in [4.69, 9.17) is 4.52 Å². The maximum atomic E-state index is 12.3. The molecule has 0 aliphatic carbocycles. The van der Waals surface area contributed by atoms with Crippen molar-refractivity contribution in [2.24, 2.45) is 0 Å². The highest BCUT2D eigenvalue weighted by Gasteiger charge is 2.21. The molecule has 0 fully saturated rings. The minimum absolute atomic E-state index is 0.217. The number of amides is 1. The molecule has 0 radical (unpaired) electrons. The topological polar surface area (TPSA) is 109 Å². The quantitative estimate of drug-likeness (QED) is 0.661. The maximum Gasteiger partial charge on any atom is 0.272 e. The fourth-order valence-corrected chi connectivity index (χ4v) is 2.71. The number of aromatic nitrogens is 4. The molecule has 0 atom stereocenters. The van der Waals surface area contributed by atoms with Crippen LogP contribution in [-0.4, -0.2) is 32.8 Å². The molecule has 122 valence electrons. The Balaban J connectivity index is 1.43. The molecule has 24 heavy (non-hydrogen) atoms. The van der Waals surface area contributed by atoms with Gasteiger partial charge in [-0.15, -0.1) is 0 Å². The number of hydrogen-bond donors (Lipinski definition) is 3. The van der Waals surface area contributed by atoms with E-state index in [9.17, 15) is 4.79 Å². The van der Waals surface area contributed by atoms with Crippen LogP contribution < -0.4 is 10.6 Å². The normalized spacial score (nSPS) is 13.5. The van der Waals surface area contributed by atoms with Crippen molar-refractivity contribution >= 4 is 5.91 Å². The third-order valence-corrected chi connectivity index (χ3v) is 3.93. The number of rotatable bonds is 4. The first kappa shape index (κ1) is 14.6. The molecule has 0 bridgehead atoms. The van der Waals surface area contributed by atoms with Crippen LogP contribution in [0.2, 0.25) is 0 Å². The number of nitrogens with zero attached hydrogens (tertiary/aromatic N) is 3. The van der Waals surface area contributed by atoms with Gasteiger partial charge in [0.1, 0.15) is 5.69 Å². The Morgan fingerprint density at radius 1 is 1.33 bits per heavy atom. The van der Waals surface area contributed by atoms with E-state index >= 15 is 0 Å². The Labute approximate surface area is 137 Å². The van der Waals surface area contributed by atoms with Crippen molar-refractivity contribution in [2.75, 3.05) is 6.54 Å². The van der Waals surface area contributed by atoms with Gasteiger partial charge in [-0.25, -0.2) is 0 Å². The molecular formula is C16H16N6O2. The zero-order valence-electron chi connectivity index (χ0n) is 12.9. The average Bonchev–Trinajstić information content (AvgIpc) is 3.27. The van der Waals surface area contributed by atoms with Crippen LogP contribution in [0.5, 0.6) is 0 Å². The fraction of sp³-hybridized carbons (Fsp3) is 0.250. The molecule has 0 saturated heterocycles. The second-order valence-corrected chi connectivity index (χ2v) is 5.53. The molecule has 0 unspecified atom stereocenters. The van der Waals surface area contributed by atoms with Gasteiger partial charge in [-0.05, 0) is 25.1 Å². The van der Waals surface area contributed by atoms with Crippen molar-refractivity contribution in [3.8, 4) is 11.4 Å². The summed E-state index contributed by atoms with van der Waals surface area (Å²) in [7, 11) is 0. The Hall–Kier alpha value is -3.00. The maximum absolute atomic E-state index is 12.3. The first-order valence-electron chi connectivity index (χ1n) is 7.73. The SMILES string of the molecule is O=C(NCc1cc(-c2ccccn2)no1)c1n[nH]c2c1CCNC2. The highest BCUT2D eigenvalue weighted by atomic mass is 16.5. The lowest BCUT2D eigenvalue weighted by Crippen LogP contribution is -2.27. The number of pyridine rings is 1. The largest absolute Gasteiger partial charge is 0.359 e. The highest BCUT2D eigenvalue weighted by Crippen LogP contribution is 2.17. The first-order chi connectivity index (χ1) is 11.8. The summed E-state index contributed by atoms with van der Waals surface area (Å²) in [5.74, 6) is 0.347. The molecule has 1 amide bonds. The average molecular weight is 324 g/mol. The summed E-state index contributed by atoms with van der Waals surface area (Å²) in [5, 5.41) is 17.1. The smallest absolute Gasteiger partial charge is 0.272 e. The third kappa shape index (κ3) is 2.79. The van der Waals surface area contributed by atoms with Crippen LogP contribution in [0.1, 0.15) is 27.5 Å². The molecule has 1 aliphatic rings. The van der Waals surface area contributed by atoms with E-state index < -0.39 is 0 Å². The number of hydrogen-bond acceptors (Lipinski definition) is 6. The van der Waals surface area contributed by atoms with E-state index in [0.29, 0.717) is 23.7 Å². The highest BCUT2D eigenvalue weighted by molar-refractivity contribution is 5.94. The Morgan fingerprint density at radius 2 is 2.29 bits per heavy atom. The lowest BCUT2D eigenvalue weighted by atomic mass is 10.1. The monoisotopic (exact) mass is 324 g/mol.